The van der Waals surface area contributed by atoms with Crippen molar-refractivity contribution in [2.45, 2.75) is 26.6 Å². The fourth-order valence-electron chi connectivity index (χ4n) is 2.20. The zero-order valence-electron chi connectivity index (χ0n) is 13.4. The number of carbonyl (C=O) groups is 1. The largest absolute Gasteiger partial charge is 0.454 e. The van der Waals surface area contributed by atoms with Gasteiger partial charge in [0.1, 0.15) is 11.9 Å². The Hall–Kier alpha value is -3.03. The molecule has 0 heterocycles. The highest BCUT2D eigenvalue weighted by Crippen LogP contribution is 2.24. The second-order valence-electron chi connectivity index (χ2n) is 5.25. The predicted octanol–water partition coefficient (Wildman–Crippen LogP) is 4.42. The summed E-state index contributed by atoms with van der Waals surface area (Å²) in [6.07, 6.45) is -0.636. The molecule has 25 heavy (non-hydrogen) atoms. The first kappa shape index (κ1) is 18.3. The minimum absolute atomic E-state index is 0.00303. The summed E-state index contributed by atoms with van der Waals surface area (Å²) in [5, 5.41) is 10.8. The molecule has 8 heteroatoms. The lowest BCUT2D eigenvalue weighted by atomic mass is 10.1. The van der Waals surface area contributed by atoms with Gasteiger partial charge in [-0.2, -0.15) is 8.78 Å². The maximum Gasteiger partial charge on any atom is 0.387 e. The van der Waals surface area contributed by atoms with Gasteiger partial charge in [0.2, 0.25) is 0 Å². The fraction of sp³-hybridized carbons (Fsp3) is 0.235. The van der Waals surface area contributed by atoms with Crippen LogP contribution in [0, 0.1) is 17.0 Å². The highest BCUT2D eigenvalue weighted by molar-refractivity contribution is 5.90. The van der Waals surface area contributed by atoms with Crippen LogP contribution in [-0.2, 0) is 4.74 Å². The van der Waals surface area contributed by atoms with Crippen LogP contribution in [0.25, 0.3) is 0 Å². The van der Waals surface area contributed by atoms with E-state index in [2.05, 4.69) is 4.74 Å². The number of nitro benzene ring substituents is 1. The van der Waals surface area contributed by atoms with Crippen LogP contribution < -0.4 is 4.74 Å². The summed E-state index contributed by atoms with van der Waals surface area (Å²) < 4.78 is 33.8. The number of ether oxygens (including phenoxy) is 2. The van der Waals surface area contributed by atoms with Gasteiger partial charge in [0.15, 0.2) is 0 Å². The van der Waals surface area contributed by atoms with E-state index in [1.165, 1.54) is 49.4 Å². The molecule has 0 saturated carbocycles. The quantitative estimate of drug-likeness (QED) is 0.437. The molecule has 0 saturated heterocycles. The molecule has 0 aliphatic carbocycles. The van der Waals surface area contributed by atoms with E-state index in [-0.39, 0.29) is 17.0 Å². The smallest absolute Gasteiger partial charge is 0.387 e. The van der Waals surface area contributed by atoms with Crippen LogP contribution in [0.2, 0.25) is 0 Å². The topological polar surface area (TPSA) is 78.7 Å². The highest BCUT2D eigenvalue weighted by atomic mass is 19.3. The third kappa shape index (κ3) is 4.72. The molecule has 1 atom stereocenters. The Labute approximate surface area is 142 Å². The standard InChI is InChI=1S/C17H15F2NO5/c1-10-9-13(5-8-15(10)20(22)23)16(21)24-11(2)12-3-6-14(7-4-12)25-17(18)19/h3-9,11,17H,1-2H3. The Bertz CT molecular complexity index is 777. The molecule has 132 valence electrons. The summed E-state index contributed by atoms with van der Waals surface area (Å²) in [4.78, 5) is 22.4. The summed E-state index contributed by atoms with van der Waals surface area (Å²) in [7, 11) is 0. The molecular formula is C17H15F2NO5. The first-order valence-corrected chi connectivity index (χ1v) is 7.28. The van der Waals surface area contributed by atoms with Gasteiger partial charge in [-0.1, -0.05) is 12.1 Å². The van der Waals surface area contributed by atoms with Crippen LogP contribution in [0.5, 0.6) is 5.75 Å². The Morgan fingerprint density at radius 2 is 1.80 bits per heavy atom. The molecule has 1 unspecified atom stereocenters. The highest BCUT2D eigenvalue weighted by Gasteiger charge is 2.17. The van der Waals surface area contributed by atoms with E-state index >= 15 is 0 Å². The lowest BCUT2D eigenvalue weighted by molar-refractivity contribution is -0.385. The average Bonchev–Trinajstić information content (AvgIpc) is 2.54. The number of carbonyl (C=O) groups excluding carboxylic acids is 1. The monoisotopic (exact) mass is 351 g/mol. The van der Waals surface area contributed by atoms with Gasteiger partial charge in [0.05, 0.1) is 10.5 Å². The second-order valence-corrected chi connectivity index (χ2v) is 5.25. The third-order valence-electron chi connectivity index (χ3n) is 3.49. The van der Waals surface area contributed by atoms with Gasteiger partial charge < -0.3 is 9.47 Å². The molecule has 2 rings (SSSR count). The Morgan fingerprint density at radius 1 is 1.16 bits per heavy atom. The molecule has 0 bridgehead atoms. The predicted molar refractivity (Wildman–Crippen MR) is 84.7 cm³/mol. The lowest BCUT2D eigenvalue weighted by Gasteiger charge is -2.14. The molecule has 2 aromatic carbocycles. The van der Waals surface area contributed by atoms with E-state index in [1.54, 1.807) is 6.92 Å². The summed E-state index contributed by atoms with van der Waals surface area (Å²) in [5.41, 5.74) is 1.04. The molecule has 0 aromatic heterocycles. The van der Waals surface area contributed by atoms with Crippen LogP contribution in [0.1, 0.15) is 34.5 Å². The van der Waals surface area contributed by atoms with E-state index in [0.29, 0.717) is 11.1 Å². The van der Waals surface area contributed by atoms with Crippen molar-refractivity contribution < 1.29 is 28.0 Å². The number of hydrogen-bond donors (Lipinski definition) is 0. The molecule has 6 nitrogen and oxygen atoms in total. The maximum atomic E-state index is 12.2. The van der Waals surface area contributed by atoms with Gasteiger partial charge in [0.25, 0.3) is 5.69 Å². The molecule has 0 fully saturated rings. The first-order valence-electron chi connectivity index (χ1n) is 7.28. The SMILES string of the molecule is Cc1cc(C(=O)OC(C)c2ccc(OC(F)F)cc2)ccc1[N+](=O)[O-]. The number of nitro groups is 1. The van der Waals surface area contributed by atoms with Gasteiger partial charge in [-0.3, -0.25) is 10.1 Å². The van der Waals surface area contributed by atoms with Crippen molar-refractivity contribution >= 4 is 11.7 Å². The summed E-state index contributed by atoms with van der Waals surface area (Å²) in [5.74, 6) is -0.637. The number of rotatable bonds is 6. The van der Waals surface area contributed by atoms with E-state index < -0.39 is 23.6 Å². The molecule has 0 spiro atoms. The number of nitrogens with zero attached hydrogens (tertiary/aromatic N) is 1. The van der Waals surface area contributed by atoms with Crippen molar-refractivity contribution in [3.63, 3.8) is 0 Å². The van der Waals surface area contributed by atoms with Crippen LogP contribution in [-0.4, -0.2) is 17.5 Å². The molecule has 2 aromatic rings. The number of halogens is 2. The molecule has 0 radical (unpaired) electrons. The van der Waals surface area contributed by atoms with E-state index in [1.807, 2.05) is 0 Å². The number of benzene rings is 2. The van der Waals surface area contributed by atoms with Gasteiger partial charge in [-0.15, -0.1) is 0 Å². The molecule has 0 aliphatic rings. The number of esters is 1. The van der Waals surface area contributed by atoms with Crippen molar-refractivity contribution in [3.05, 3.63) is 69.3 Å². The Kier molecular flexibility index (Phi) is 5.63. The Morgan fingerprint density at radius 3 is 2.32 bits per heavy atom. The van der Waals surface area contributed by atoms with Crippen molar-refractivity contribution in [2.75, 3.05) is 0 Å². The van der Waals surface area contributed by atoms with Crippen LogP contribution in [0.15, 0.2) is 42.5 Å². The second kappa shape index (κ2) is 7.69. The number of hydrogen-bond acceptors (Lipinski definition) is 5. The summed E-state index contributed by atoms with van der Waals surface area (Å²) in [6.45, 7) is 0.241. The van der Waals surface area contributed by atoms with Crippen molar-refractivity contribution in [1.29, 1.82) is 0 Å². The van der Waals surface area contributed by atoms with E-state index in [4.69, 9.17) is 4.74 Å². The summed E-state index contributed by atoms with van der Waals surface area (Å²) >= 11 is 0. The number of alkyl halides is 2. The Balaban J connectivity index is 2.07. The minimum atomic E-state index is -2.91. The van der Waals surface area contributed by atoms with Gasteiger partial charge in [-0.05, 0) is 43.7 Å². The van der Waals surface area contributed by atoms with E-state index in [9.17, 15) is 23.7 Å². The van der Waals surface area contributed by atoms with Gasteiger partial charge in [-0.25, -0.2) is 4.79 Å². The maximum absolute atomic E-state index is 12.2. The lowest BCUT2D eigenvalue weighted by Crippen LogP contribution is -2.10. The van der Waals surface area contributed by atoms with Crippen LogP contribution in [0.3, 0.4) is 0 Å². The third-order valence-corrected chi connectivity index (χ3v) is 3.49. The van der Waals surface area contributed by atoms with Crippen molar-refractivity contribution in [2.24, 2.45) is 0 Å². The van der Waals surface area contributed by atoms with Gasteiger partial charge in [0, 0.05) is 11.6 Å². The first-order chi connectivity index (χ1) is 11.8. The fourth-order valence-corrected chi connectivity index (χ4v) is 2.20. The zero-order valence-corrected chi connectivity index (χ0v) is 13.4. The van der Waals surface area contributed by atoms with Crippen LogP contribution in [0.4, 0.5) is 14.5 Å². The zero-order chi connectivity index (χ0) is 18.6. The van der Waals surface area contributed by atoms with Crippen molar-refractivity contribution in [1.82, 2.24) is 0 Å². The van der Waals surface area contributed by atoms with E-state index in [0.717, 1.165) is 0 Å². The molecule has 0 aliphatic heterocycles. The van der Waals surface area contributed by atoms with Crippen LogP contribution >= 0.6 is 0 Å². The summed E-state index contributed by atoms with van der Waals surface area (Å²) in [6, 6.07) is 9.66. The molecule has 0 amide bonds. The molecular weight excluding hydrogens is 336 g/mol. The van der Waals surface area contributed by atoms with Gasteiger partial charge >= 0.3 is 12.6 Å². The number of aryl methyl sites for hydroxylation is 1. The molecule has 0 N–H and O–H groups in total. The normalized spacial score (nSPS) is 11.9. The average molecular weight is 351 g/mol. The van der Waals surface area contributed by atoms with Crippen molar-refractivity contribution in [3.8, 4) is 5.75 Å². The minimum Gasteiger partial charge on any atom is -0.454 e.